The molecule has 1 aliphatic rings. The summed E-state index contributed by atoms with van der Waals surface area (Å²) in [4.78, 5) is 10.3. The van der Waals surface area contributed by atoms with Crippen LogP contribution in [0.2, 0.25) is 0 Å². The van der Waals surface area contributed by atoms with Gasteiger partial charge >= 0.3 is 5.97 Å². The minimum atomic E-state index is -0.737. The fraction of sp³-hybridized carbons (Fsp3) is 0.500. The van der Waals surface area contributed by atoms with E-state index in [0.717, 1.165) is 0 Å². The zero-order valence-electron chi connectivity index (χ0n) is 8.59. The first-order valence-electron chi connectivity index (χ1n) is 4.62. The van der Waals surface area contributed by atoms with Gasteiger partial charge in [-0.3, -0.25) is 4.79 Å². The van der Waals surface area contributed by atoms with Gasteiger partial charge in [-0.15, -0.1) is 11.6 Å². The van der Waals surface area contributed by atoms with E-state index in [-0.39, 0.29) is 23.2 Å². The fourth-order valence-corrected chi connectivity index (χ4v) is 1.66. The molecule has 0 heterocycles. The van der Waals surface area contributed by atoms with Crippen molar-refractivity contribution in [3.05, 3.63) is 22.9 Å². The normalized spacial score (nSPS) is 30.6. The van der Waals surface area contributed by atoms with Gasteiger partial charge in [-0.1, -0.05) is 24.6 Å². The molecule has 1 rings (SSSR count). The molecule has 0 spiro atoms. The number of allylic oxidation sites excluding steroid dienone is 1. The van der Waals surface area contributed by atoms with Gasteiger partial charge in [0.25, 0.3) is 0 Å². The molecule has 0 bridgehead atoms. The molecule has 0 aromatic rings. The zero-order chi connectivity index (χ0) is 11.6. The van der Waals surface area contributed by atoms with Crippen molar-refractivity contribution < 1.29 is 9.53 Å². The van der Waals surface area contributed by atoms with Crippen LogP contribution >= 0.6 is 23.2 Å². The molecule has 1 aliphatic carbocycles. The maximum atomic E-state index is 11.1. The topological polar surface area (TPSA) is 52.3 Å². The van der Waals surface area contributed by atoms with Gasteiger partial charge in [0.2, 0.25) is 0 Å². The van der Waals surface area contributed by atoms with Crippen LogP contribution in [-0.4, -0.2) is 16.9 Å². The van der Waals surface area contributed by atoms with Crippen LogP contribution in [0.3, 0.4) is 0 Å². The Labute approximate surface area is 98.9 Å². The quantitative estimate of drug-likeness (QED) is 0.604. The lowest BCUT2D eigenvalue weighted by Crippen LogP contribution is -2.42. The maximum absolute atomic E-state index is 11.1. The highest BCUT2D eigenvalue weighted by molar-refractivity contribution is 6.33. The Kier molecular flexibility index (Phi) is 3.82. The second-order valence-electron chi connectivity index (χ2n) is 3.50. The minimum Gasteiger partial charge on any atom is -0.425 e. The summed E-state index contributed by atoms with van der Waals surface area (Å²) in [5.41, 5.74) is 5.80. The lowest BCUT2D eigenvalue weighted by molar-refractivity contribution is -0.138. The average Bonchev–Trinajstić information content (AvgIpc) is 2.19. The molecule has 0 saturated carbocycles. The summed E-state index contributed by atoms with van der Waals surface area (Å²) in [6.45, 7) is 3.45. The largest absolute Gasteiger partial charge is 0.425 e. The van der Waals surface area contributed by atoms with Gasteiger partial charge in [0, 0.05) is 6.42 Å². The van der Waals surface area contributed by atoms with Gasteiger partial charge in [0.1, 0.15) is 5.76 Å². The molecule has 2 N–H and O–H groups in total. The second-order valence-corrected chi connectivity index (χ2v) is 4.72. The fourth-order valence-electron chi connectivity index (χ4n) is 1.10. The number of halogens is 2. The van der Waals surface area contributed by atoms with Crippen molar-refractivity contribution in [1.82, 2.24) is 0 Å². The number of ether oxygens (including phenoxy) is 1. The van der Waals surface area contributed by atoms with Gasteiger partial charge < -0.3 is 10.5 Å². The molecule has 0 aliphatic heterocycles. The minimum absolute atomic E-state index is 0.275. The molecule has 2 atom stereocenters. The highest BCUT2D eigenvalue weighted by Crippen LogP contribution is 2.33. The van der Waals surface area contributed by atoms with Gasteiger partial charge in [0.05, 0.1) is 15.9 Å². The highest BCUT2D eigenvalue weighted by atomic mass is 35.5. The van der Waals surface area contributed by atoms with Crippen molar-refractivity contribution in [2.75, 3.05) is 0 Å². The number of hydrogen-bond donors (Lipinski definition) is 1. The molecule has 0 aromatic heterocycles. The first kappa shape index (κ1) is 12.6. The summed E-state index contributed by atoms with van der Waals surface area (Å²) in [5.74, 6) is -0.0627. The molecule has 0 saturated heterocycles. The van der Waals surface area contributed by atoms with Crippen molar-refractivity contribution in [2.45, 2.75) is 31.2 Å². The van der Waals surface area contributed by atoms with Crippen LogP contribution in [0.4, 0.5) is 0 Å². The summed E-state index contributed by atoms with van der Waals surface area (Å²) in [5, 5.41) is 0.275. The summed E-state index contributed by atoms with van der Waals surface area (Å²) >= 11 is 12.0. The Morgan fingerprint density at radius 3 is 2.87 bits per heavy atom. The molecule has 0 radical (unpaired) electrons. The molecule has 0 amide bonds. The highest BCUT2D eigenvalue weighted by Gasteiger charge is 2.34. The van der Waals surface area contributed by atoms with E-state index in [1.54, 1.807) is 26.0 Å². The Morgan fingerprint density at radius 1 is 1.73 bits per heavy atom. The SMILES string of the molecule is CCC(=O)OC1=C(Cl)C(N)C(C)(Cl)C=C1. The van der Waals surface area contributed by atoms with Crippen LogP contribution in [0.1, 0.15) is 20.3 Å². The third-order valence-corrected chi connectivity index (χ3v) is 2.97. The monoisotopic (exact) mass is 249 g/mol. The number of nitrogens with two attached hydrogens (primary N) is 1. The van der Waals surface area contributed by atoms with Crippen molar-refractivity contribution in [2.24, 2.45) is 5.73 Å². The number of esters is 1. The standard InChI is InChI=1S/C10H13Cl2NO2/c1-3-7(14)15-6-4-5-10(2,12)9(13)8(6)11/h4-5,9H,3,13H2,1-2H3. The van der Waals surface area contributed by atoms with Crippen molar-refractivity contribution in [1.29, 1.82) is 0 Å². The second kappa shape index (κ2) is 4.56. The van der Waals surface area contributed by atoms with Crippen LogP contribution < -0.4 is 5.73 Å². The lowest BCUT2D eigenvalue weighted by Gasteiger charge is -2.29. The summed E-state index contributed by atoms with van der Waals surface area (Å²) in [7, 11) is 0. The lowest BCUT2D eigenvalue weighted by atomic mass is 9.96. The van der Waals surface area contributed by atoms with Crippen molar-refractivity contribution in [3.63, 3.8) is 0 Å². The predicted molar refractivity (Wildman–Crippen MR) is 60.6 cm³/mol. The molecular weight excluding hydrogens is 237 g/mol. The number of hydrogen-bond acceptors (Lipinski definition) is 3. The van der Waals surface area contributed by atoms with Gasteiger partial charge in [-0.05, 0) is 13.0 Å². The van der Waals surface area contributed by atoms with Crippen LogP contribution in [0, 0.1) is 0 Å². The number of carbonyl (C=O) groups is 1. The van der Waals surface area contributed by atoms with E-state index in [1.165, 1.54) is 0 Å². The molecule has 5 heteroatoms. The summed E-state index contributed by atoms with van der Waals surface area (Å²) < 4.78 is 5.00. The Balaban J connectivity index is 2.88. The smallest absolute Gasteiger partial charge is 0.310 e. The molecule has 84 valence electrons. The van der Waals surface area contributed by atoms with Gasteiger partial charge in [-0.2, -0.15) is 0 Å². The van der Waals surface area contributed by atoms with Crippen molar-refractivity contribution >= 4 is 29.2 Å². The average molecular weight is 250 g/mol. The number of carbonyl (C=O) groups excluding carboxylic acids is 1. The Morgan fingerprint density at radius 2 is 2.33 bits per heavy atom. The van der Waals surface area contributed by atoms with Crippen LogP contribution in [0.5, 0.6) is 0 Å². The van der Waals surface area contributed by atoms with Crippen LogP contribution in [0.15, 0.2) is 22.9 Å². The molecular formula is C10H13Cl2NO2. The van der Waals surface area contributed by atoms with Gasteiger partial charge in [-0.25, -0.2) is 0 Å². The van der Waals surface area contributed by atoms with E-state index in [9.17, 15) is 4.79 Å². The Hall–Kier alpha value is -0.510. The van der Waals surface area contributed by atoms with Gasteiger partial charge in [0.15, 0.2) is 0 Å². The molecule has 3 nitrogen and oxygen atoms in total. The molecule has 0 aromatic carbocycles. The predicted octanol–water partition coefficient (Wildman–Crippen LogP) is 2.28. The Bertz CT molecular complexity index is 334. The summed E-state index contributed by atoms with van der Waals surface area (Å²) in [6, 6.07) is -0.564. The zero-order valence-corrected chi connectivity index (χ0v) is 10.1. The van der Waals surface area contributed by atoms with E-state index < -0.39 is 10.9 Å². The maximum Gasteiger partial charge on any atom is 0.310 e. The van der Waals surface area contributed by atoms with Crippen LogP contribution in [-0.2, 0) is 9.53 Å². The molecule has 15 heavy (non-hydrogen) atoms. The first-order valence-corrected chi connectivity index (χ1v) is 5.38. The van der Waals surface area contributed by atoms with E-state index in [1.807, 2.05) is 0 Å². The van der Waals surface area contributed by atoms with Crippen LogP contribution in [0.25, 0.3) is 0 Å². The molecule has 2 unspecified atom stereocenters. The third-order valence-electron chi connectivity index (χ3n) is 2.19. The van der Waals surface area contributed by atoms with Crippen molar-refractivity contribution in [3.8, 4) is 0 Å². The summed E-state index contributed by atoms with van der Waals surface area (Å²) in [6.07, 6.45) is 3.53. The van der Waals surface area contributed by atoms with E-state index in [4.69, 9.17) is 33.7 Å². The number of rotatable bonds is 2. The van der Waals surface area contributed by atoms with E-state index in [2.05, 4.69) is 0 Å². The van der Waals surface area contributed by atoms with E-state index >= 15 is 0 Å². The third kappa shape index (κ3) is 2.74. The first-order chi connectivity index (χ1) is 6.88. The molecule has 0 fully saturated rings. The van der Waals surface area contributed by atoms with E-state index in [0.29, 0.717) is 0 Å². The number of alkyl halides is 1.